The number of ether oxygens (including phenoxy) is 3. The lowest BCUT2D eigenvalue weighted by atomic mass is 9.98. The van der Waals surface area contributed by atoms with Crippen molar-refractivity contribution in [3.05, 3.63) is 12.7 Å². The minimum absolute atomic E-state index is 0.0991. The van der Waals surface area contributed by atoms with Gasteiger partial charge in [0.15, 0.2) is 11.6 Å². The van der Waals surface area contributed by atoms with Crippen molar-refractivity contribution in [1.29, 1.82) is 0 Å². The van der Waals surface area contributed by atoms with E-state index in [0.717, 1.165) is 19.3 Å². The SMILES string of the molecule is C=CC(=O)C(C)(C)OCCCCCC(=O)C(C)(C)OCCOCC. The zero-order chi connectivity index (χ0) is 18.6. The summed E-state index contributed by atoms with van der Waals surface area (Å²) in [5.41, 5.74) is -1.60. The largest absolute Gasteiger partial charge is 0.379 e. The lowest BCUT2D eigenvalue weighted by Crippen LogP contribution is -2.36. The smallest absolute Gasteiger partial charge is 0.186 e. The molecule has 0 atom stereocenters. The predicted molar refractivity (Wildman–Crippen MR) is 95.2 cm³/mol. The highest BCUT2D eigenvalue weighted by molar-refractivity contribution is 5.95. The molecule has 140 valence electrons. The number of unbranched alkanes of at least 4 members (excludes halogenated alkanes) is 2. The van der Waals surface area contributed by atoms with Gasteiger partial charge in [-0.2, -0.15) is 0 Å². The number of carbonyl (C=O) groups excluding carboxylic acids is 2. The normalized spacial score (nSPS) is 12.2. The van der Waals surface area contributed by atoms with E-state index in [0.29, 0.717) is 32.8 Å². The van der Waals surface area contributed by atoms with Crippen LogP contribution in [0.3, 0.4) is 0 Å². The topological polar surface area (TPSA) is 61.8 Å². The van der Waals surface area contributed by atoms with Crippen molar-refractivity contribution in [2.45, 2.75) is 71.5 Å². The molecule has 0 heterocycles. The molecule has 0 aromatic rings. The average Bonchev–Trinajstić information content (AvgIpc) is 2.53. The molecule has 5 nitrogen and oxygen atoms in total. The van der Waals surface area contributed by atoms with Gasteiger partial charge in [-0.25, -0.2) is 0 Å². The summed E-state index contributed by atoms with van der Waals surface area (Å²) in [6, 6.07) is 0. The average molecular weight is 342 g/mol. The van der Waals surface area contributed by atoms with Crippen LogP contribution in [0.1, 0.15) is 60.3 Å². The third kappa shape index (κ3) is 9.30. The van der Waals surface area contributed by atoms with Crippen LogP contribution >= 0.6 is 0 Å². The van der Waals surface area contributed by atoms with Crippen molar-refractivity contribution < 1.29 is 23.8 Å². The summed E-state index contributed by atoms with van der Waals surface area (Å²) < 4.78 is 16.4. The number of ketones is 2. The lowest BCUT2D eigenvalue weighted by Gasteiger charge is -2.24. The monoisotopic (exact) mass is 342 g/mol. The Labute approximate surface area is 146 Å². The Morgan fingerprint density at radius 2 is 1.54 bits per heavy atom. The molecule has 0 unspecified atom stereocenters. The van der Waals surface area contributed by atoms with Crippen LogP contribution in [0.4, 0.5) is 0 Å². The molecule has 0 aromatic heterocycles. The van der Waals surface area contributed by atoms with Crippen molar-refractivity contribution in [3.8, 4) is 0 Å². The Morgan fingerprint density at radius 1 is 0.917 bits per heavy atom. The van der Waals surface area contributed by atoms with Gasteiger partial charge in [-0.3, -0.25) is 9.59 Å². The Bertz CT molecular complexity index is 399. The molecule has 0 aliphatic rings. The van der Waals surface area contributed by atoms with Crippen LogP contribution in [0, 0.1) is 0 Å². The molecule has 24 heavy (non-hydrogen) atoms. The lowest BCUT2D eigenvalue weighted by molar-refractivity contribution is -0.142. The van der Waals surface area contributed by atoms with E-state index in [1.165, 1.54) is 6.08 Å². The summed E-state index contributed by atoms with van der Waals surface area (Å²) in [4.78, 5) is 23.8. The highest BCUT2D eigenvalue weighted by Gasteiger charge is 2.27. The molecule has 0 aliphatic carbocycles. The molecule has 0 spiro atoms. The molecule has 0 rings (SSSR count). The van der Waals surface area contributed by atoms with E-state index in [4.69, 9.17) is 14.2 Å². The van der Waals surface area contributed by atoms with Crippen LogP contribution in [-0.2, 0) is 23.8 Å². The number of hydrogen-bond donors (Lipinski definition) is 0. The van der Waals surface area contributed by atoms with E-state index in [2.05, 4.69) is 6.58 Å². The van der Waals surface area contributed by atoms with Gasteiger partial charge < -0.3 is 14.2 Å². The first-order chi connectivity index (χ1) is 11.2. The van der Waals surface area contributed by atoms with Gasteiger partial charge in [0.05, 0.1) is 13.2 Å². The maximum atomic E-state index is 12.2. The molecule has 0 radical (unpaired) electrons. The van der Waals surface area contributed by atoms with Crippen LogP contribution in [0.15, 0.2) is 12.7 Å². The number of carbonyl (C=O) groups is 2. The van der Waals surface area contributed by atoms with Crippen LogP contribution in [0.5, 0.6) is 0 Å². The molecule has 0 fully saturated rings. The van der Waals surface area contributed by atoms with Gasteiger partial charge in [-0.15, -0.1) is 0 Å². The van der Waals surface area contributed by atoms with Crippen LogP contribution in [-0.4, -0.2) is 49.2 Å². The Hall–Kier alpha value is -1.04. The Balaban J connectivity index is 3.88. The molecular formula is C19H34O5. The Kier molecular flexibility index (Phi) is 11.0. The van der Waals surface area contributed by atoms with E-state index in [-0.39, 0.29) is 11.6 Å². The summed E-state index contributed by atoms with van der Waals surface area (Å²) in [5, 5.41) is 0. The highest BCUT2D eigenvalue weighted by atomic mass is 16.5. The number of Topliss-reactive ketones (excluding diaryl/α,β-unsaturated/α-hetero) is 1. The van der Waals surface area contributed by atoms with Gasteiger partial charge in [0.2, 0.25) is 0 Å². The number of rotatable bonds is 15. The maximum absolute atomic E-state index is 12.2. The van der Waals surface area contributed by atoms with Crippen LogP contribution in [0.25, 0.3) is 0 Å². The summed E-state index contributed by atoms with van der Waals surface area (Å²) in [6.45, 7) is 14.5. The van der Waals surface area contributed by atoms with E-state index >= 15 is 0 Å². The van der Waals surface area contributed by atoms with Crippen LogP contribution in [0.2, 0.25) is 0 Å². The molecule has 0 amide bonds. The summed E-state index contributed by atoms with van der Waals surface area (Å²) in [5.74, 6) is -0.0225. The minimum atomic E-state index is -0.825. The molecule has 5 heteroatoms. The van der Waals surface area contributed by atoms with Gasteiger partial charge in [-0.05, 0) is 53.5 Å². The summed E-state index contributed by atoms with van der Waals surface area (Å²) >= 11 is 0. The van der Waals surface area contributed by atoms with Crippen LogP contribution < -0.4 is 0 Å². The molecule has 0 saturated carbocycles. The second-order valence-corrected chi connectivity index (χ2v) is 6.72. The fourth-order valence-electron chi connectivity index (χ4n) is 2.09. The van der Waals surface area contributed by atoms with Gasteiger partial charge in [0.25, 0.3) is 0 Å². The van der Waals surface area contributed by atoms with Crippen molar-refractivity contribution in [1.82, 2.24) is 0 Å². The molecular weight excluding hydrogens is 308 g/mol. The van der Waals surface area contributed by atoms with Gasteiger partial charge in [-0.1, -0.05) is 13.0 Å². The molecule has 0 bridgehead atoms. The first-order valence-electron chi connectivity index (χ1n) is 8.73. The van der Waals surface area contributed by atoms with Gasteiger partial charge in [0.1, 0.15) is 11.2 Å². The zero-order valence-electron chi connectivity index (χ0n) is 16.0. The van der Waals surface area contributed by atoms with E-state index in [1.54, 1.807) is 27.7 Å². The van der Waals surface area contributed by atoms with Crippen molar-refractivity contribution >= 4 is 11.6 Å². The third-order valence-corrected chi connectivity index (χ3v) is 3.86. The predicted octanol–water partition coefficient (Wildman–Crippen LogP) is 3.50. The molecule has 0 aliphatic heterocycles. The molecule has 0 N–H and O–H groups in total. The molecule has 0 aromatic carbocycles. The van der Waals surface area contributed by atoms with Crippen molar-refractivity contribution in [2.24, 2.45) is 0 Å². The van der Waals surface area contributed by atoms with Gasteiger partial charge in [0, 0.05) is 19.6 Å². The summed E-state index contributed by atoms with van der Waals surface area (Å²) in [7, 11) is 0. The fraction of sp³-hybridized carbons (Fsp3) is 0.789. The standard InChI is InChI=1S/C19H34O5/c1-7-16(20)18(3,4)23-13-11-9-10-12-17(21)19(5,6)24-15-14-22-8-2/h7H,1,8-15H2,2-6H3. The summed E-state index contributed by atoms with van der Waals surface area (Å²) in [6.07, 6.45) is 4.24. The number of hydrogen-bond acceptors (Lipinski definition) is 5. The fourth-order valence-corrected chi connectivity index (χ4v) is 2.09. The van der Waals surface area contributed by atoms with E-state index < -0.39 is 11.2 Å². The highest BCUT2D eigenvalue weighted by Crippen LogP contribution is 2.16. The van der Waals surface area contributed by atoms with E-state index in [9.17, 15) is 9.59 Å². The molecule has 0 saturated heterocycles. The van der Waals surface area contributed by atoms with Crippen molar-refractivity contribution in [3.63, 3.8) is 0 Å². The van der Waals surface area contributed by atoms with Crippen molar-refractivity contribution in [2.75, 3.05) is 26.4 Å². The maximum Gasteiger partial charge on any atom is 0.186 e. The first kappa shape index (κ1) is 23.0. The Morgan fingerprint density at radius 3 is 2.12 bits per heavy atom. The quantitative estimate of drug-likeness (QED) is 0.337. The van der Waals surface area contributed by atoms with Gasteiger partial charge >= 0.3 is 0 Å². The second-order valence-electron chi connectivity index (χ2n) is 6.72. The second kappa shape index (κ2) is 11.5. The zero-order valence-corrected chi connectivity index (χ0v) is 16.0. The third-order valence-electron chi connectivity index (χ3n) is 3.86. The van der Waals surface area contributed by atoms with E-state index in [1.807, 2.05) is 6.92 Å². The first-order valence-corrected chi connectivity index (χ1v) is 8.73. The minimum Gasteiger partial charge on any atom is -0.379 e.